The van der Waals surface area contributed by atoms with E-state index in [1.807, 2.05) is 21.6 Å². The number of benzene rings is 1. The number of imidazole rings is 1. The Labute approximate surface area is 169 Å². The fourth-order valence-electron chi connectivity index (χ4n) is 4.75. The average molecular weight is 395 g/mol. The van der Waals surface area contributed by atoms with Crippen LogP contribution >= 0.6 is 11.6 Å². The number of carbonyl (C=O) groups excluding carboxylic acids is 1. The van der Waals surface area contributed by atoms with Crippen molar-refractivity contribution in [2.24, 2.45) is 0 Å². The van der Waals surface area contributed by atoms with Crippen LogP contribution in [0.25, 0.3) is 5.65 Å². The SMILES string of the molecule is CN1CCC2(CC1)CN(C(=O)c1cn3cccc(Cl)c3n1)Cc1ccccc12. The van der Waals surface area contributed by atoms with E-state index in [1.54, 1.807) is 12.3 Å². The first-order valence-electron chi connectivity index (χ1n) is 9.75. The van der Waals surface area contributed by atoms with Crippen LogP contribution in [0.3, 0.4) is 0 Å². The second-order valence-corrected chi connectivity index (χ2v) is 8.52. The predicted octanol–water partition coefficient (Wildman–Crippen LogP) is 3.61. The lowest BCUT2D eigenvalue weighted by molar-refractivity contribution is 0.0593. The Morgan fingerprint density at radius 3 is 2.71 bits per heavy atom. The van der Waals surface area contributed by atoms with Gasteiger partial charge in [-0.1, -0.05) is 35.9 Å². The van der Waals surface area contributed by atoms with Crippen LogP contribution in [-0.2, 0) is 12.0 Å². The van der Waals surface area contributed by atoms with Gasteiger partial charge in [0.05, 0.1) is 5.02 Å². The first-order valence-corrected chi connectivity index (χ1v) is 10.1. The molecule has 1 amide bonds. The van der Waals surface area contributed by atoms with Crippen LogP contribution < -0.4 is 0 Å². The number of halogens is 1. The summed E-state index contributed by atoms with van der Waals surface area (Å²) >= 11 is 6.25. The van der Waals surface area contributed by atoms with E-state index < -0.39 is 0 Å². The zero-order valence-electron chi connectivity index (χ0n) is 15.9. The van der Waals surface area contributed by atoms with Gasteiger partial charge in [-0.15, -0.1) is 0 Å². The summed E-state index contributed by atoms with van der Waals surface area (Å²) in [6.07, 6.45) is 5.79. The van der Waals surface area contributed by atoms with Gasteiger partial charge < -0.3 is 14.2 Å². The number of hydrogen-bond acceptors (Lipinski definition) is 3. The Morgan fingerprint density at radius 2 is 1.93 bits per heavy atom. The number of hydrogen-bond donors (Lipinski definition) is 0. The first kappa shape index (κ1) is 17.7. The van der Waals surface area contributed by atoms with Gasteiger partial charge in [-0.25, -0.2) is 4.98 Å². The lowest BCUT2D eigenvalue weighted by atomic mass is 9.69. The Hall–Kier alpha value is -2.37. The summed E-state index contributed by atoms with van der Waals surface area (Å²) in [4.78, 5) is 22.2. The zero-order chi connectivity index (χ0) is 19.3. The second kappa shape index (κ2) is 6.61. The van der Waals surface area contributed by atoms with Crippen molar-refractivity contribution < 1.29 is 4.79 Å². The number of aromatic nitrogens is 2. The fraction of sp³-hybridized carbons (Fsp3) is 0.364. The molecule has 0 unspecified atom stereocenters. The van der Waals surface area contributed by atoms with Gasteiger partial charge in [0.15, 0.2) is 5.65 Å². The smallest absolute Gasteiger partial charge is 0.274 e. The Morgan fingerprint density at radius 1 is 1.14 bits per heavy atom. The molecule has 0 radical (unpaired) electrons. The van der Waals surface area contributed by atoms with Gasteiger partial charge in [0.2, 0.25) is 0 Å². The minimum Gasteiger partial charge on any atom is -0.332 e. The molecule has 28 heavy (non-hydrogen) atoms. The van der Waals surface area contributed by atoms with Gasteiger partial charge in [0.25, 0.3) is 5.91 Å². The molecule has 1 spiro atoms. The molecular weight excluding hydrogens is 372 g/mol. The van der Waals surface area contributed by atoms with Crippen molar-refractivity contribution in [3.63, 3.8) is 0 Å². The van der Waals surface area contributed by atoms with E-state index in [0.717, 1.165) is 32.5 Å². The minimum absolute atomic E-state index is 0.0208. The molecular formula is C22H23ClN4O. The molecule has 1 fully saturated rings. The quantitative estimate of drug-likeness (QED) is 0.633. The van der Waals surface area contributed by atoms with Gasteiger partial charge in [0.1, 0.15) is 5.69 Å². The number of likely N-dealkylation sites (tertiary alicyclic amines) is 1. The molecule has 0 N–H and O–H groups in total. The van der Waals surface area contributed by atoms with Gasteiger partial charge in [-0.05, 0) is 56.2 Å². The number of fused-ring (bicyclic) bond motifs is 3. The molecule has 5 nitrogen and oxygen atoms in total. The van der Waals surface area contributed by atoms with Gasteiger partial charge >= 0.3 is 0 Å². The van der Waals surface area contributed by atoms with Crippen molar-refractivity contribution in [1.29, 1.82) is 0 Å². The van der Waals surface area contributed by atoms with E-state index in [4.69, 9.17) is 11.6 Å². The highest BCUT2D eigenvalue weighted by Crippen LogP contribution is 2.41. The molecule has 0 atom stereocenters. The molecule has 3 aromatic rings. The highest BCUT2D eigenvalue weighted by molar-refractivity contribution is 6.33. The summed E-state index contributed by atoms with van der Waals surface area (Å²) in [5.41, 5.74) is 3.79. The van der Waals surface area contributed by atoms with E-state index >= 15 is 0 Å². The molecule has 144 valence electrons. The lowest BCUT2D eigenvalue weighted by Gasteiger charge is -2.48. The van der Waals surface area contributed by atoms with Crippen LogP contribution in [0.4, 0.5) is 0 Å². The van der Waals surface area contributed by atoms with E-state index in [9.17, 15) is 4.79 Å². The van der Waals surface area contributed by atoms with Crippen LogP contribution in [0.5, 0.6) is 0 Å². The summed E-state index contributed by atoms with van der Waals surface area (Å²) in [6, 6.07) is 12.3. The monoisotopic (exact) mass is 394 g/mol. The molecule has 1 aromatic carbocycles. The number of rotatable bonds is 1. The molecule has 2 aromatic heterocycles. The number of piperidine rings is 1. The van der Waals surface area contributed by atoms with Gasteiger partial charge in [-0.3, -0.25) is 4.79 Å². The van der Waals surface area contributed by atoms with Crippen molar-refractivity contribution >= 4 is 23.2 Å². The second-order valence-electron chi connectivity index (χ2n) is 8.12. The third kappa shape index (κ3) is 2.81. The largest absolute Gasteiger partial charge is 0.332 e. The standard InChI is InChI=1S/C22H23ClN4O/c1-25-11-8-22(9-12-25)15-27(13-16-5-2-3-6-17(16)22)21(28)19-14-26-10-4-7-18(23)20(26)24-19/h2-7,10,14H,8-9,11-13,15H2,1H3. The van der Waals surface area contributed by atoms with E-state index in [1.165, 1.54) is 11.1 Å². The van der Waals surface area contributed by atoms with Crippen LogP contribution in [-0.4, -0.2) is 51.8 Å². The van der Waals surface area contributed by atoms with Crippen LogP contribution in [0.1, 0.15) is 34.5 Å². The maximum Gasteiger partial charge on any atom is 0.274 e. The third-order valence-electron chi connectivity index (χ3n) is 6.33. The van der Waals surface area contributed by atoms with Gasteiger partial charge in [-0.2, -0.15) is 0 Å². The molecule has 6 heteroatoms. The molecule has 0 bridgehead atoms. The van der Waals surface area contributed by atoms with E-state index in [-0.39, 0.29) is 11.3 Å². The molecule has 2 aliphatic rings. The van der Waals surface area contributed by atoms with Crippen molar-refractivity contribution in [3.05, 3.63) is 70.6 Å². The van der Waals surface area contributed by atoms with Crippen molar-refractivity contribution in [1.82, 2.24) is 19.2 Å². The van der Waals surface area contributed by atoms with Crippen LogP contribution in [0.2, 0.25) is 5.02 Å². The number of carbonyl (C=O) groups is 1. The first-order chi connectivity index (χ1) is 13.6. The molecule has 4 heterocycles. The summed E-state index contributed by atoms with van der Waals surface area (Å²) < 4.78 is 1.82. The van der Waals surface area contributed by atoms with Gasteiger partial charge in [0, 0.05) is 30.9 Å². The highest BCUT2D eigenvalue weighted by Gasteiger charge is 2.42. The van der Waals surface area contributed by atoms with Crippen molar-refractivity contribution in [2.45, 2.75) is 24.8 Å². The Kier molecular flexibility index (Phi) is 4.18. The van der Waals surface area contributed by atoms with Crippen LogP contribution in [0.15, 0.2) is 48.8 Å². The fourth-order valence-corrected chi connectivity index (χ4v) is 4.96. The van der Waals surface area contributed by atoms with Crippen molar-refractivity contribution in [3.8, 4) is 0 Å². The number of amides is 1. The number of nitrogens with zero attached hydrogens (tertiary/aromatic N) is 4. The Balaban J connectivity index is 1.52. The normalized spacial score (nSPS) is 19.1. The summed E-state index contributed by atoms with van der Waals surface area (Å²) in [6.45, 7) is 3.49. The number of pyridine rings is 1. The molecule has 1 saturated heterocycles. The average Bonchev–Trinajstić information content (AvgIpc) is 3.15. The lowest BCUT2D eigenvalue weighted by Crippen LogP contribution is -2.52. The van der Waals surface area contributed by atoms with E-state index in [0.29, 0.717) is 22.9 Å². The van der Waals surface area contributed by atoms with Crippen molar-refractivity contribution in [2.75, 3.05) is 26.7 Å². The summed E-state index contributed by atoms with van der Waals surface area (Å²) in [5.74, 6) is -0.0208. The predicted molar refractivity (Wildman–Crippen MR) is 110 cm³/mol. The van der Waals surface area contributed by atoms with Crippen LogP contribution in [0, 0.1) is 0 Å². The zero-order valence-corrected chi connectivity index (χ0v) is 16.7. The maximum absolute atomic E-state index is 13.4. The molecule has 5 rings (SSSR count). The summed E-state index contributed by atoms with van der Waals surface area (Å²) in [7, 11) is 2.17. The Bertz CT molecular complexity index is 1050. The molecule has 0 saturated carbocycles. The maximum atomic E-state index is 13.4. The molecule has 0 aliphatic carbocycles. The minimum atomic E-state index is -0.0208. The molecule has 2 aliphatic heterocycles. The van der Waals surface area contributed by atoms with E-state index in [2.05, 4.69) is 41.2 Å². The topological polar surface area (TPSA) is 40.9 Å². The third-order valence-corrected chi connectivity index (χ3v) is 6.62. The summed E-state index contributed by atoms with van der Waals surface area (Å²) in [5, 5.41) is 0.553. The highest BCUT2D eigenvalue weighted by atomic mass is 35.5.